The average Bonchev–Trinajstić information content (AvgIpc) is 3.23. The molecule has 0 saturated heterocycles. The first-order chi connectivity index (χ1) is 27.7. The smallest absolute Gasteiger partial charge is 0.416 e. The van der Waals surface area contributed by atoms with Crippen molar-refractivity contribution in [3.05, 3.63) is 137 Å². The van der Waals surface area contributed by atoms with Crippen LogP contribution in [0, 0.1) is 5.82 Å². The summed E-state index contributed by atoms with van der Waals surface area (Å²) in [6, 6.07) is 21.0. The molecule has 0 unspecified atom stereocenters. The van der Waals surface area contributed by atoms with Crippen LogP contribution in [0.15, 0.2) is 108 Å². The minimum atomic E-state index is -4.69. The minimum absolute atomic E-state index is 0.0177. The van der Waals surface area contributed by atoms with Crippen molar-refractivity contribution in [2.45, 2.75) is 61.5 Å². The summed E-state index contributed by atoms with van der Waals surface area (Å²) in [7, 11) is -0.275. The highest BCUT2D eigenvalue weighted by Gasteiger charge is 2.39. The van der Waals surface area contributed by atoms with E-state index in [2.05, 4.69) is 15.3 Å². The monoisotopic (exact) mass is 841 g/mol. The van der Waals surface area contributed by atoms with E-state index in [0.29, 0.717) is 35.5 Å². The third-order valence-corrected chi connectivity index (χ3v) is 12.1. The number of nitrogens with one attached hydrogen (secondary N) is 1. The number of carbonyl (C=O) groups excluding carboxylic acids is 1. The fourth-order valence-corrected chi connectivity index (χ4v) is 8.74. The van der Waals surface area contributed by atoms with Gasteiger partial charge in [0.2, 0.25) is 0 Å². The number of amides is 1. The number of hydrogen-bond donors (Lipinski definition) is 1. The molecule has 1 saturated carbocycles. The molecular weight excluding hydrogens is 802 g/mol. The van der Waals surface area contributed by atoms with Crippen LogP contribution in [0.1, 0.15) is 47.4 Å². The molecular formula is C41H40ClF4N5O6S. The number of halogens is 5. The Morgan fingerprint density at radius 3 is 2.43 bits per heavy atom. The molecule has 6 rings (SSSR count). The summed E-state index contributed by atoms with van der Waals surface area (Å²) in [6.45, 7) is -0.330. The van der Waals surface area contributed by atoms with Crippen LogP contribution < -0.4 is 19.1 Å². The highest BCUT2D eigenvalue weighted by atomic mass is 35.5. The molecule has 5 aromatic rings. The van der Waals surface area contributed by atoms with Crippen LogP contribution in [0.2, 0.25) is 5.02 Å². The van der Waals surface area contributed by atoms with Gasteiger partial charge in [-0.05, 0) is 66.6 Å². The van der Waals surface area contributed by atoms with E-state index in [1.54, 1.807) is 48.5 Å². The average molecular weight is 842 g/mol. The SMILES string of the molecule is COc1ccc(CN(c2ccncn2)S(=O)(=O)c2cc(Cl)c(N[C@H]3CC[C@H](c4cccc(C(F)(F)F)c4)C[C@@H]3N(C)C(=O)OCc3ccccc3)cc2F)c(OC)c1. The molecule has 0 bridgehead atoms. The van der Waals surface area contributed by atoms with Gasteiger partial charge in [0.15, 0.2) is 0 Å². The first-order valence-corrected chi connectivity index (χ1v) is 19.9. The zero-order chi connectivity index (χ0) is 41.6. The number of hydrogen-bond acceptors (Lipinski definition) is 9. The minimum Gasteiger partial charge on any atom is -0.497 e. The molecule has 1 N–H and O–H groups in total. The molecule has 58 heavy (non-hydrogen) atoms. The van der Waals surface area contributed by atoms with E-state index in [4.69, 9.17) is 25.8 Å². The number of carbonyl (C=O) groups is 1. The van der Waals surface area contributed by atoms with Crippen molar-refractivity contribution < 1.29 is 45.0 Å². The third-order valence-electron chi connectivity index (χ3n) is 10.1. The predicted molar refractivity (Wildman–Crippen MR) is 210 cm³/mol. The molecule has 0 radical (unpaired) electrons. The number of benzene rings is 4. The number of methoxy groups -OCH3 is 2. The van der Waals surface area contributed by atoms with Gasteiger partial charge in [0, 0.05) is 37.0 Å². The van der Waals surface area contributed by atoms with Crippen LogP contribution in [-0.4, -0.2) is 62.7 Å². The Balaban J connectivity index is 1.29. The van der Waals surface area contributed by atoms with Crippen LogP contribution in [0.25, 0.3) is 0 Å². The molecule has 3 atom stereocenters. The van der Waals surface area contributed by atoms with Crippen molar-refractivity contribution in [2.24, 2.45) is 0 Å². The molecule has 0 spiro atoms. The van der Waals surface area contributed by atoms with Gasteiger partial charge >= 0.3 is 12.3 Å². The molecule has 11 nitrogen and oxygen atoms in total. The zero-order valence-electron chi connectivity index (χ0n) is 31.6. The molecule has 1 fully saturated rings. The van der Waals surface area contributed by atoms with Gasteiger partial charge in [-0.3, -0.25) is 0 Å². The van der Waals surface area contributed by atoms with Crippen molar-refractivity contribution in [1.29, 1.82) is 0 Å². The molecule has 4 aromatic carbocycles. The molecule has 1 aliphatic rings. The van der Waals surface area contributed by atoms with Crippen molar-refractivity contribution >= 4 is 39.2 Å². The lowest BCUT2D eigenvalue weighted by atomic mass is 9.77. The maximum Gasteiger partial charge on any atom is 0.416 e. The number of likely N-dealkylation sites (N-methyl/N-ethyl adjacent to an activating group) is 1. The molecule has 306 valence electrons. The van der Waals surface area contributed by atoms with Gasteiger partial charge < -0.3 is 24.4 Å². The van der Waals surface area contributed by atoms with Crippen LogP contribution in [-0.2, 0) is 34.1 Å². The summed E-state index contributed by atoms with van der Waals surface area (Å²) in [6.07, 6.45) is -1.75. The Morgan fingerprint density at radius 2 is 1.74 bits per heavy atom. The number of alkyl halides is 3. The molecule has 1 heterocycles. The summed E-state index contributed by atoms with van der Waals surface area (Å²) >= 11 is 6.73. The zero-order valence-corrected chi connectivity index (χ0v) is 33.2. The van der Waals surface area contributed by atoms with E-state index < -0.39 is 50.7 Å². The second kappa shape index (κ2) is 17.9. The van der Waals surface area contributed by atoms with E-state index >= 15 is 4.39 Å². The van der Waals surface area contributed by atoms with Gasteiger partial charge in [0.1, 0.15) is 41.0 Å². The maximum absolute atomic E-state index is 16.2. The lowest BCUT2D eigenvalue weighted by Gasteiger charge is -2.41. The fourth-order valence-electron chi connectivity index (χ4n) is 6.98. The van der Waals surface area contributed by atoms with Crippen molar-refractivity contribution in [3.8, 4) is 11.5 Å². The number of rotatable bonds is 13. The number of sulfonamides is 1. The van der Waals surface area contributed by atoms with E-state index in [1.807, 2.05) is 6.07 Å². The highest BCUT2D eigenvalue weighted by molar-refractivity contribution is 7.92. The molecule has 1 amide bonds. The lowest BCUT2D eigenvalue weighted by molar-refractivity contribution is -0.137. The fraction of sp³-hybridized carbons (Fsp3) is 0.293. The predicted octanol–water partition coefficient (Wildman–Crippen LogP) is 9.09. The van der Waals surface area contributed by atoms with Crippen LogP contribution in [0.5, 0.6) is 11.5 Å². The normalized spacial score (nSPS) is 16.9. The second-order valence-electron chi connectivity index (χ2n) is 13.6. The summed E-state index contributed by atoms with van der Waals surface area (Å²) in [5.74, 6) is -0.755. The Labute approximate surface area is 338 Å². The van der Waals surface area contributed by atoms with E-state index in [0.717, 1.165) is 40.5 Å². The maximum atomic E-state index is 16.2. The first kappa shape index (κ1) is 42.0. The quantitative estimate of drug-likeness (QED) is 0.116. The molecule has 1 aliphatic carbocycles. The Kier molecular flexibility index (Phi) is 13.0. The topological polar surface area (TPSA) is 123 Å². The van der Waals surface area contributed by atoms with Crippen molar-refractivity contribution in [2.75, 3.05) is 30.9 Å². The third kappa shape index (κ3) is 9.56. The van der Waals surface area contributed by atoms with Crippen LogP contribution in [0.4, 0.5) is 33.9 Å². The molecule has 17 heteroatoms. The van der Waals surface area contributed by atoms with Crippen molar-refractivity contribution in [3.63, 3.8) is 0 Å². The van der Waals surface area contributed by atoms with Gasteiger partial charge in [-0.25, -0.2) is 31.9 Å². The van der Waals surface area contributed by atoms with E-state index in [9.17, 15) is 26.4 Å². The largest absolute Gasteiger partial charge is 0.497 e. The van der Waals surface area contributed by atoms with Crippen LogP contribution >= 0.6 is 11.6 Å². The molecule has 1 aromatic heterocycles. The Hall–Kier alpha value is -5.61. The standard InChI is InChI=1S/C41H40ClF4N5O6S/c1-50(40(52)57-24-26-8-5-4-6-9-26)36-19-28(27-10-7-11-30(18-27)41(44,45)46)13-15-34(36)49-35-22-33(43)38(21-32(35)42)58(53,54)51(39-16-17-47-25-48-39)23-29-12-14-31(55-2)20-37(29)56-3/h4-12,14,16-18,20-22,25,28,34,36,49H,13,15,19,23-24H2,1-3H3/t28-,34-,36-/m0/s1. The summed E-state index contributed by atoms with van der Waals surface area (Å²) in [4.78, 5) is 22.1. The van der Waals surface area contributed by atoms with Gasteiger partial charge in [-0.2, -0.15) is 13.2 Å². The molecule has 0 aliphatic heterocycles. The first-order valence-electron chi connectivity index (χ1n) is 18.1. The van der Waals surface area contributed by atoms with Gasteiger partial charge in [0.25, 0.3) is 10.0 Å². The highest BCUT2D eigenvalue weighted by Crippen LogP contribution is 2.41. The summed E-state index contributed by atoms with van der Waals surface area (Å²) < 4.78 is 103. The number of aromatic nitrogens is 2. The van der Waals surface area contributed by atoms with Gasteiger partial charge in [0.05, 0.1) is 43.1 Å². The number of nitrogens with zero attached hydrogens (tertiary/aromatic N) is 4. The second-order valence-corrected chi connectivity index (χ2v) is 15.9. The number of anilines is 2. The van der Waals surface area contributed by atoms with Crippen molar-refractivity contribution in [1.82, 2.24) is 14.9 Å². The summed E-state index contributed by atoms with van der Waals surface area (Å²) in [5, 5.41) is 3.06. The Bertz CT molecular complexity index is 2330. The van der Waals surface area contributed by atoms with E-state index in [1.165, 1.54) is 44.5 Å². The number of ether oxygens (including phenoxy) is 3. The van der Waals surface area contributed by atoms with Gasteiger partial charge in [-0.15, -0.1) is 0 Å². The summed E-state index contributed by atoms with van der Waals surface area (Å²) in [5.41, 5.74) is 0.901. The van der Waals surface area contributed by atoms with Gasteiger partial charge in [-0.1, -0.05) is 60.1 Å². The lowest BCUT2D eigenvalue weighted by Crippen LogP contribution is -2.51. The van der Waals surface area contributed by atoms with Crippen LogP contribution in [0.3, 0.4) is 0 Å². The Morgan fingerprint density at radius 1 is 0.966 bits per heavy atom. The van der Waals surface area contributed by atoms with E-state index in [-0.39, 0.29) is 42.0 Å².